The van der Waals surface area contributed by atoms with Crippen molar-refractivity contribution in [2.24, 2.45) is 0 Å². The highest BCUT2D eigenvalue weighted by molar-refractivity contribution is 5.82. The molecule has 0 aliphatic carbocycles. The minimum Gasteiger partial charge on any atom is -0.480 e. The molecule has 0 bridgehead atoms. The number of carboxylic acids is 10. The first-order chi connectivity index (χ1) is 55.4. The van der Waals surface area contributed by atoms with Crippen LogP contribution in [0, 0.1) is 0 Å². The standard InChI is InChI=1S/C35H61N7O21.C18H42N6O3.C14H24N2O10/c1-58-14-15-63-26-27(43)36-2-4-40(35(57)42(25-33(54)55)9-13-62-19-17-60-11-7-39(22-30(48)49)23-31(50)51)5-3-37-34(56)41(24-32(52)53)8-12-61-18-16-59-10-6-38(20-28(44)45)21-29(46)47;1-3-4-19-5-6-20-7-8-21-9-10-22-11-12-23-13-14-24-18(25)17-27-16-15-26-2;17-11(18)7-15(8-12(19)20)1-3-25-5-6-26-4-2-16(9-13(21)22)10-14(23)24/h2-26H2,1H3,(H,36,43)(H,37,56)(H,44,45)(H,46,47)(H,48,49)(H,50,51)(H,52,53)(H,54,55);19-23H,3-17H2,1-2H3,(H,24,25);1-10H2,(H,17,18)(H,19,20)(H,21,22)(H,23,24). The summed E-state index contributed by atoms with van der Waals surface area (Å²) in [4.78, 5) is 167. The highest BCUT2D eigenvalue weighted by Crippen LogP contribution is 2.03. The van der Waals surface area contributed by atoms with E-state index in [1.807, 2.05) is 0 Å². The molecule has 18 N–H and O–H groups in total. The predicted octanol–water partition coefficient (Wildman–Crippen LogP) is -8.24. The normalized spacial score (nSPS) is 11.0. The zero-order chi connectivity index (χ0) is 87.2. The highest BCUT2D eigenvalue weighted by atomic mass is 16.5. The molecular weight excluding hydrogens is 1560 g/mol. The second-order valence-corrected chi connectivity index (χ2v) is 24.3. The maximum atomic E-state index is 13.7. The first-order valence-corrected chi connectivity index (χ1v) is 37.3. The quantitative estimate of drug-likeness (QED) is 0.0252. The number of nitrogens with zero attached hydrogens (tertiary/aromatic N) is 7. The summed E-state index contributed by atoms with van der Waals surface area (Å²) in [6.45, 7) is 7.92. The number of amides is 6. The van der Waals surface area contributed by atoms with E-state index in [0.717, 1.165) is 89.9 Å². The van der Waals surface area contributed by atoms with E-state index in [4.69, 9.17) is 88.2 Å². The van der Waals surface area contributed by atoms with Crippen LogP contribution in [0.3, 0.4) is 0 Å². The fourth-order valence-electron chi connectivity index (χ4n) is 9.06. The van der Waals surface area contributed by atoms with Gasteiger partial charge in [-0.05, 0) is 13.0 Å². The Hall–Kier alpha value is -8.58. The van der Waals surface area contributed by atoms with Crippen molar-refractivity contribution in [1.29, 1.82) is 0 Å². The molecule has 0 aromatic carbocycles. The van der Waals surface area contributed by atoms with Crippen molar-refractivity contribution in [3.05, 3.63) is 0 Å². The van der Waals surface area contributed by atoms with E-state index in [1.165, 1.54) is 23.3 Å². The average Bonchev–Trinajstić information content (AvgIpc) is 0.877. The van der Waals surface area contributed by atoms with Crippen LogP contribution >= 0.6 is 0 Å². The number of carbonyl (C=O) groups excluding carboxylic acids is 4. The zero-order valence-electron chi connectivity index (χ0n) is 66.8. The molecule has 674 valence electrons. The first kappa shape index (κ1) is 112. The molecule has 0 aliphatic rings. The molecule has 0 fully saturated rings. The van der Waals surface area contributed by atoms with Gasteiger partial charge in [0, 0.05) is 145 Å². The Morgan fingerprint density at radius 2 is 0.483 bits per heavy atom. The van der Waals surface area contributed by atoms with Crippen LogP contribution in [-0.4, -0.2) is 505 Å². The molecule has 0 atom stereocenters. The van der Waals surface area contributed by atoms with Gasteiger partial charge in [-0.3, -0.25) is 77.1 Å². The van der Waals surface area contributed by atoms with Gasteiger partial charge >= 0.3 is 71.8 Å². The molecule has 0 rings (SSSR count). The summed E-state index contributed by atoms with van der Waals surface area (Å²) in [6, 6.07) is -1.64. The molecule has 0 aromatic rings. The molecule has 49 heteroatoms. The fourth-order valence-corrected chi connectivity index (χ4v) is 9.06. The van der Waals surface area contributed by atoms with Crippen molar-refractivity contribution in [2.75, 3.05) is 336 Å². The second-order valence-electron chi connectivity index (χ2n) is 24.3. The van der Waals surface area contributed by atoms with Gasteiger partial charge in [-0.15, -0.1) is 0 Å². The van der Waals surface area contributed by atoms with E-state index in [-0.39, 0.29) is 177 Å². The Bertz CT molecular complexity index is 2570. The SMILES string of the molecule is CCCNCCNCCNCCNCCNCCNC(=O)COCCOC.COCCOCC(=O)NCCN(CCNC(=O)N(CCOCCOCCN(CC(=O)O)CC(=O)O)CC(=O)O)C(=O)N(CCOCCOCCN(CC(=O)O)CC(=O)O)CC(=O)O.O=C(O)CN(CCOCCOCCN(CC(=O)O)CC(=O)O)CC(=O)O. The van der Waals surface area contributed by atoms with Gasteiger partial charge in [0.15, 0.2) is 0 Å². The van der Waals surface area contributed by atoms with Gasteiger partial charge in [0.05, 0.1) is 158 Å². The average molecular weight is 1690 g/mol. The van der Waals surface area contributed by atoms with Gasteiger partial charge in [0.2, 0.25) is 11.8 Å². The number of carboxylic acid groups (broad SMARTS) is 10. The molecule has 0 unspecified atom stereocenters. The summed E-state index contributed by atoms with van der Waals surface area (Å²) < 4.78 is 52.0. The molecule has 0 aliphatic heterocycles. The molecule has 49 nitrogen and oxygen atoms in total. The maximum Gasteiger partial charge on any atom is 0.323 e. The van der Waals surface area contributed by atoms with Crippen LogP contribution in [0.2, 0.25) is 0 Å². The molecule has 116 heavy (non-hydrogen) atoms. The van der Waals surface area contributed by atoms with Gasteiger partial charge in [-0.25, -0.2) is 9.59 Å². The number of nitrogens with one attached hydrogen (secondary N) is 8. The lowest BCUT2D eigenvalue weighted by Gasteiger charge is -2.30. The van der Waals surface area contributed by atoms with Gasteiger partial charge in [-0.1, -0.05) is 6.92 Å². The summed E-state index contributed by atoms with van der Waals surface area (Å²) >= 11 is 0. The van der Waals surface area contributed by atoms with E-state index in [2.05, 4.69) is 49.5 Å². The van der Waals surface area contributed by atoms with Crippen molar-refractivity contribution in [1.82, 2.24) is 76.8 Å². The Kier molecular flexibility index (Phi) is 75.9. The molecule has 6 amide bonds. The van der Waals surface area contributed by atoms with Crippen molar-refractivity contribution >= 4 is 83.6 Å². The van der Waals surface area contributed by atoms with Crippen LogP contribution in [0.15, 0.2) is 0 Å². The molecule has 0 aromatic heterocycles. The van der Waals surface area contributed by atoms with Crippen LogP contribution < -0.4 is 42.5 Å². The van der Waals surface area contributed by atoms with Gasteiger partial charge < -0.3 is 156 Å². The third kappa shape index (κ3) is 80.6. The van der Waals surface area contributed by atoms with Crippen molar-refractivity contribution in [3.8, 4) is 0 Å². The van der Waals surface area contributed by atoms with Gasteiger partial charge in [0.25, 0.3) is 0 Å². The molecule has 0 saturated heterocycles. The van der Waals surface area contributed by atoms with E-state index in [0.29, 0.717) is 19.8 Å². The van der Waals surface area contributed by atoms with Crippen molar-refractivity contribution in [3.63, 3.8) is 0 Å². The Morgan fingerprint density at radius 1 is 0.241 bits per heavy atom. The monoisotopic (exact) mass is 1690 g/mol. The smallest absolute Gasteiger partial charge is 0.323 e. The lowest BCUT2D eigenvalue weighted by molar-refractivity contribution is -0.144. The summed E-state index contributed by atoms with van der Waals surface area (Å²) in [5, 5.41) is 114. The largest absolute Gasteiger partial charge is 0.480 e. The molecule has 0 heterocycles. The minimum absolute atomic E-state index is 0.00288. The number of methoxy groups -OCH3 is 2. The number of aliphatic carboxylic acids is 10. The summed E-state index contributed by atoms with van der Waals surface area (Å²) in [6.07, 6.45) is 1.19. The minimum atomic E-state index is -1.36. The summed E-state index contributed by atoms with van der Waals surface area (Å²) in [5.74, 6) is -12.7. The van der Waals surface area contributed by atoms with Gasteiger partial charge in [-0.2, -0.15) is 0 Å². The predicted molar refractivity (Wildman–Crippen MR) is 407 cm³/mol. The van der Waals surface area contributed by atoms with Crippen LogP contribution in [-0.2, 0) is 105 Å². The van der Waals surface area contributed by atoms with Gasteiger partial charge in [0.1, 0.15) is 26.3 Å². The second kappa shape index (κ2) is 78.9. The Labute approximate surface area is 673 Å². The Morgan fingerprint density at radius 3 is 0.767 bits per heavy atom. The van der Waals surface area contributed by atoms with Crippen molar-refractivity contribution < 1.29 is 166 Å². The van der Waals surface area contributed by atoms with E-state index >= 15 is 0 Å². The third-order valence-electron chi connectivity index (χ3n) is 14.3. The molecule has 0 spiro atoms. The molecule has 0 radical (unpaired) electrons. The van der Waals surface area contributed by atoms with Crippen LogP contribution in [0.25, 0.3) is 0 Å². The summed E-state index contributed by atoms with van der Waals surface area (Å²) in [7, 11) is 3.06. The number of rotatable bonds is 80. The topological polar surface area (TPSA) is 653 Å². The lowest BCUT2D eigenvalue weighted by atomic mass is 10.4. The maximum absolute atomic E-state index is 13.7. The number of carbonyl (C=O) groups is 14. The molecule has 0 saturated carbocycles. The fraction of sp³-hybridized carbons (Fsp3) is 0.791. The highest BCUT2D eigenvalue weighted by Gasteiger charge is 2.25. The number of urea groups is 2. The molecular formula is C67H127N15O34. The van der Waals surface area contributed by atoms with E-state index < -0.39 is 143 Å². The number of hydrogen-bond donors (Lipinski definition) is 18. The number of ether oxygens (including phenoxy) is 10. The van der Waals surface area contributed by atoms with Crippen LogP contribution in [0.1, 0.15) is 13.3 Å². The number of hydrogen-bond acceptors (Lipinski definition) is 33. The lowest BCUT2D eigenvalue weighted by Crippen LogP contribution is -2.52. The van der Waals surface area contributed by atoms with E-state index in [1.54, 1.807) is 7.11 Å². The van der Waals surface area contributed by atoms with Crippen LogP contribution in [0.4, 0.5) is 9.59 Å². The summed E-state index contributed by atoms with van der Waals surface area (Å²) in [5.41, 5.74) is 0. The third-order valence-corrected chi connectivity index (χ3v) is 14.3. The van der Waals surface area contributed by atoms with Crippen molar-refractivity contribution in [2.45, 2.75) is 13.3 Å². The first-order valence-electron chi connectivity index (χ1n) is 37.3. The Balaban J connectivity index is -0.00000197. The van der Waals surface area contributed by atoms with E-state index in [9.17, 15) is 77.3 Å². The van der Waals surface area contributed by atoms with Crippen LogP contribution in [0.5, 0.6) is 0 Å². The zero-order valence-corrected chi connectivity index (χ0v) is 66.8.